The van der Waals surface area contributed by atoms with Gasteiger partial charge in [-0.2, -0.15) is 40.7 Å². The fourth-order valence-corrected chi connectivity index (χ4v) is 11.1. The molecule has 0 saturated carbocycles. The van der Waals surface area contributed by atoms with E-state index in [9.17, 15) is 40.3 Å². The van der Waals surface area contributed by atoms with E-state index in [1.807, 2.05) is 78.4 Å². The molecule has 6 aromatic rings. The van der Waals surface area contributed by atoms with Gasteiger partial charge >= 0.3 is 30.6 Å². The van der Waals surface area contributed by atoms with Crippen LogP contribution < -0.4 is 20.9 Å². The largest absolute Gasteiger partial charge is 0.441 e. The van der Waals surface area contributed by atoms with Crippen LogP contribution in [0.5, 0.6) is 0 Å². The number of aryl methyl sites for hydroxylation is 2. The third kappa shape index (κ3) is 14.5. The van der Waals surface area contributed by atoms with Crippen LogP contribution in [0.1, 0.15) is 134 Å². The highest BCUT2D eigenvalue weighted by molar-refractivity contribution is 7.89. The van der Waals surface area contributed by atoms with Crippen molar-refractivity contribution in [3.8, 4) is 11.4 Å². The molecular weight excluding hydrogens is 1090 g/mol. The second-order valence-corrected chi connectivity index (χ2v) is 22.4. The van der Waals surface area contributed by atoms with E-state index in [0.717, 1.165) is 40.6 Å². The highest BCUT2D eigenvalue weighted by Gasteiger charge is 2.52. The van der Waals surface area contributed by atoms with Crippen molar-refractivity contribution < 1.29 is 49.8 Å². The van der Waals surface area contributed by atoms with E-state index >= 15 is 0 Å². The molecule has 4 aromatic heterocycles. The van der Waals surface area contributed by atoms with Crippen LogP contribution in [0.25, 0.3) is 11.4 Å². The lowest BCUT2D eigenvalue weighted by Crippen LogP contribution is -2.52. The van der Waals surface area contributed by atoms with Gasteiger partial charge in [0.2, 0.25) is 5.95 Å². The van der Waals surface area contributed by atoms with Crippen molar-refractivity contribution in [2.45, 2.75) is 150 Å². The first-order valence-corrected chi connectivity index (χ1v) is 26.8. The van der Waals surface area contributed by atoms with Crippen molar-refractivity contribution >= 4 is 87.6 Å². The first-order chi connectivity index (χ1) is 38.6. The molecule has 2 fully saturated rings. The fraction of sp³-hybridized carbons (Fsp3) is 0.472. The summed E-state index contributed by atoms with van der Waals surface area (Å²) >= 11 is 0. The lowest BCUT2D eigenvalue weighted by molar-refractivity contribution is -0.138. The van der Waals surface area contributed by atoms with E-state index < -0.39 is 72.1 Å². The second-order valence-electron chi connectivity index (χ2n) is 22.4. The Morgan fingerprint density at radius 2 is 1.05 bits per heavy atom. The zero-order valence-corrected chi connectivity index (χ0v) is 47.7. The zero-order chi connectivity index (χ0) is 61.4. The average Bonchev–Trinajstić information content (AvgIpc) is 3.42. The number of hydrogen-bond donors (Lipinski definition) is 2. The van der Waals surface area contributed by atoms with E-state index in [4.69, 9.17) is 53.9 Å². The van der Waals surface area contributed by atoms with Crippen LogP contribution in [0.15, 0.2) is 73.6 Å². The number of hydrogen-bond acceptors (Lipinski definition) is 12. The number of imidazole rings is 2. The van der Waals surface area contributed by atoms with E-state index in [-0.39, 0.29) is 49.2 Å². The van der Waals surface area contributed by atoms with E-state index in [0.29, 0.717) is 54.3 Å². The lowest BCUT2D eigenvalue weighted by atomic mass is 8.68. The van der Waals surface area contributed by atoms with Gasteiger partial charge in [-0.1, -0.05) is 35.1 Å². The molecule has 0 spiro atoms. The number of halogens is 7. The van der Waals surface area contributed by atoms with Crippen LogP contribution >= 0.6 is 0 Å². The second kappa shape index (κ2) is 25.9. The minimum Gasteiger partial charge on any atom is -0.441 e. The predicted molar refractivity (Wildman–Crippen MR) is 317 cm³/mol. The van der Waals surface area contributed by atoms with Gasteiger partial charge in [0.15, 0.2) is 0 Å². The van der Waals surface area contributed by atoms with Crippen LogP contribution in [0.2, 0.25) is 0 Å². The highest BCUT2D eigenvalue weighted by atomic mass is 19.4. The van der Waals surface area contributed by atoms with E-state index in [2.05, 4.69) is 35.2 Å². The summed E-state index contributed by atoms with van der Waals surface area (Å²) in [7, 11) is 25.8. The number of alkyl halides is 6. The number of rotatable bonds is 10. The quantitative estimate of drug-likeness (QED) is 0.0757. The number of nitrogens with one attached hydrogen (secondary N) is 1. The number of carbonyl (C=O) groups is 2. The van der Waals surface area contributed by atoms with Crippen molar-refractivity contribution in [1.82, 2.24) is 39.0 Å². The maximum atomic E-state index is 13.2. The monoisotopic (exact) mass is 1150 g/mol. The number of benzene rings is 2. The number of cyclic esters (lactones) is 2. The molecule has 31 heteroatoms. The Bertz CT molecular complexity index is 3290. The van der Waals surface area contributed by atoms with Gasteiger partial charge in [-0.15, -0.1) is 0 Å². The molecule has 0 unspecified atom stereocenters. The molecule has 2 saturated heterocycles. The number of aromatic nitrogens is 8. The Hall–Kier alpha value is -6.65. The molecular formula is C53H63B8F7N12O4. The maximum Gasteiger partial charge on any atom is 0.416 e. The molecule has 8 heterocycles. The third-order valence-corrected chi connectivity index (χ3v) is 14.6. The van der Waals surface area contributed by atoms with Gasteiger partial charge < -0.3 is 29.7 Å². The Morgan fingerprint density at radius 1 is 0.631 bits per heavy atom. The Labute approximate surface area is 493 Å². The summed E-state index contributed by atoms with van der Waals surface area (Å²) in [6, 6.07) is 9.98. The minimum absolute atomic E-state index is 0. The number of amides is 2. The summed E-state index contributed by atoms with van der Waals surface area (Å²) in [6.07, 6.45) is -3.84. The summed E-state index contributed by atoms with van der Waals surface area (Å²) in [5.74, 6) is 1.30. The fourth-order valence-electron chi connectivity index (χ4n) is 11.1. The number of nitrogens with zero attached hydrogens (tertiary/aromatic N) is 10. The summed E-state index contributed by atoms with van der Waals surface area (Å²) in [4.78, 5) is 52.4. The summed E-state index contributed by atoms with van der Waals surface area (Å²) in [6.45, 7) is 19.3. The molecule has 10 rings (SSSR count). The lowest BCUT2D eigenvalue weighted by Gasteiger charge is -2.31. The predicted octanol–water partition coefficient (Wildman–Crippen LogP) is 8.69. The van der Waals surface area contributed by atoms with Crippen molar-refractivity contribution in [3.63, 3.8) is 0 Å². The van der Waals surface area contributed by atoms with Crippen LogP contribution in [0, 0.1) is 17.9 Å². The number of ether oxygens (including phenoxy) is 2. The smallest absolute Gasteiger partial charge is 0.416 e. The number of carbonyl (C=O) groups excluding carboxylic acids is 2. The zero-order valence-electron chi connectivity index (χ0n) is 47.7. The number of nitrogens with two attached hydrogens (primary N) is 1. The molecule has 3 N–H and O–H groups in total. The van der Waals surface area contributed by atoms with Gasteiger partial charge in [0.05, 0.1) is 53.3 Å². The molecule has 16 nitrogen and oxygen atoms in total. The summed E-state index contributed by atoms with van der Waals surface area (Å²) < 4.78 is 105. The van der Waals surface area contributed by atoms with Gasteiger partial charge in [-0.05, 0) is 139 Å². The first-order valence-electron chi connectivity index (χ1n) is 26.8. The van der Waals surface area contributed by atoms with Crippen molar-refractivity contribution in [1.29, 1.82) is 0 Å². The number of anilines is 3. The normalized spacial score (nSPS) is 17.9. The van der Waals surface area contributed by atoms with Gasteiger partial charge in [0, 0.05) is 99.0 Å². The summed E-state index contributed by atoms with van der Waals surface area (Å²) in [5.41, 5.74) is 9.61. The van der Waals surface area contributed by atoms with Crippen molar-refractivity contribution in [2.75, 3.05) is 15.1 Å². The van der Waals surface area contributed by atoms with E-state index in [1.54, 1.807) is 29.8 Å². The van der Waals surface area contributed by atoms with Gasteiger partial charge in [0.1, 0.15) is 22.8 Å². The minimum atomic E-state index is -4.38. The molecule has 84 heavy (non-hydrogen) atoms. The molecule has 10 radical (unpaired) electrons. The third-order valence-electron chi connectivity index (χ3n) is 14.6. The van der Waals surface area contributed by atoms with Crippen LogP contribution in [-0.4, -0.2) is 132 Å². The van der Waals surface area contributed by atoms with Gasteiger partial charge in [0.25, 0.3) is 0 Å². The Kier molecular flexibility index (Phi) is 20.5. The molecule has 432 valence electrons. The molecule has 2 aromatic carbocycles. The van der Waals surface area contributed by atoms with Crippen LogP contribution in [-0.2, 0) is 47.5 Å². The molecule has 4 atom stereocenters. The number of fused-ring (bicyclic) bond motifs is 6. The van der Waals surface area contributed by atoms with Crippen molar-refractivity contribution in [2.24, 2.45) is 17.6 Å². The van der Waals surface area contributed by atoms with Crippen LogP contribution in [0.3, 0.4) is 0 Å². The van der Waals surface area contributed by atoms with Gasteiger partial charge in [-0.3, -0.25) is 9.80 Å². The highest BCUT2D eigenvalue weighted by Crippen LogP contribution is 2.40. The standard InChI is InChI=1S/C26H29F3N6O2.C14H14F3N3.C12H16FN3O2.CH4.B8/c1-14(2)22-25(4,5)37-24(36)35(22)20-10-11-30-23(33-20)32-15(3)21-19-8-6-16-12-17(26(27,28)29)7-9-18(16)34(19)13-31-21;1-8(18)13-12-4-2-9-6-10(14(15,16)17)3-5-11(9)20(12)7-19-13;1-7(2)9-12(3,4)18-11(17)16(9)8-5-6-14-10(13)15-8;;1-6(2)8(5)7(3)4/h7,9-15,22H,6,8H2,1-5H3,(H,30,32,33);3,5-8H,2,4,18H2,1H3;5-7,9H,1-4H3;1H4;/t15-,22-;8-;9-;;/m000../s1. The topological polar surface area (TPSA) is 184 Å². The molecule has 0 bridgehead atoms. The molecule has 0 aliphatic carbocycles. The van der Waals surface area contributed by atoms with Gasteiger partial charge in [-0.25, -0.2) is 29.5 Å². The maximum absolute atomic E-state index is 13.2. The Morgan fingerprint density at radius 3 is 1.44 bits per heavy atom. The summed E-state index contributed by atoms with van der Waals surface area (Å²) in [5, 5.41) is 3.27. The first kappa shape index (κ1) is 66.5. The Balaban J connectivity index is 0.000000203. The molecule has 4 aliphatic heterocycles. The van der Waals surface area contributed by atoms with Crippen molar-refractivity contribution in [3.05, 3.63) is 125 Å². The molecule has 4 aliphatic rings. The van der Waals surface area contributed by atoms with Crippen LogP contribution in [0.4, 0.5) is 57.9 Å². The van der Waals surface area contributed by atoms with E-state index in [1.165, 1.54) is 41.4 Å². The SMILES string of the molecule is C.CC(C)[C@@H]1N(c2ccnc(F)n2)C(=O)OC1(C)C.CC(C)[C@@H]1N(c2ccnc(N[C@@H](C)c3ncn4c3CCc3cc(C(F)(F)F)ccc3-4)n2)C(=O)OC1(C)C.C[C@H](N)c1ncn2c1CCc1cc(C(F)(F)F)ccc1-2.[B]B([B])B([B])B([B])[B]. The molecule has 2 amide bonds. The average molecular weight is 1150 g/mol.